The van der Waals surface area contributed by atoms with Crippen LogP contribution in [0, 0.1) is 11.3 Å². The highest BCUT2D eigenvalue weighted by Gasteiger charge is 2.17. The second-order valence-corrected chi connectivity index (χ2v) is 13.1. The molecule has 0 unspecified atom stereocenters. The summed E-state index contributed by atoms with van der Waals surface area (Å²) in [4.78, 5) is 29.7. The molecule has 9 rings (SSSR count). The smallest absolute Gasteiger partial charge is 0.164 e. The summed E-state index contributed by atoms with van der Waals surface area (Å²) < 4.78 is 0. The molecule has 0 aliphatic heterocycles. The minimum Gasteiger partial charge on any atom is -0.208 e. The van der Waals surface area contributed by atoms with Crippen molar-refractivity contribution in [3.63, 3.8) is 0 Å². The quantitative estimate of drug-likeness (QED) is 0.154. The third-order valence-electron chi connectivity index (χ3n) is 9.43. The minimum absolute atomic E-state index is 0.526. The molecule has 0 aliphatic carbocycles. The van der Waals surface area contributed by atoms with E-state index in [2.05, 4.69) is 48.5 Å². The second-order valence-electron chi connectivity index (χ2n) is 13.1. The van der Waals surface area contributed by atoms with Crippen molar-refractivity contribution >= 4 is 0 Å². The van der Waals surface area contributed by atoms with Crippen molar-refractivity contribution in [2.45, 2.75) is 0 Å². The van der Waals surface area contributed by atoms with E-state index in [1.807, 2.05) is 133 Å². The lowest BCUT2D eigenvalue weighted by Gasteiger charge is -2.15. The van der Waals surface area contributed by atoms with E-state index < -0.39 is 0 Å². The van der Waals surface area contributed by atoms with Gasteiger partial charge in [0.2, 0.25) is 0 Å². The van der Waals surface area contributed by atoms with Crippen molar-refractivity contribution in [3.8, 4) is 96.7 Å². The first-order valence-corrected chi connectivity index (χ1v) is 18.2. The minimum atomic E-state index is 0.526. The topological polar surface area (TPSA) is 101 Å². The third kappa shape index (κ3) is 7.06. The molecular formula is C49H31N7. The van der Waals surface area contributed by atoms with Crippen molar-refractivity contribution in [2.24, 2.45) is 0 Å². The van der Waals surface area contributed by atoms with E-state index in [1.54, 1.807) is 12.1 Å². The normalized spacial score (nSPS) is 10.8. The van der Waals surface area contributed by atoms with Crippen LogP contribution in [0.1, 0.15) is 5.56 Å². The summed E-state index contributed by atoms with van der Waals surface area (Å²) in [5.41, 5.74) is 9.92. The zero-order chi connectivity index (χ0) is 37.7. The number of rotatable bonds is 8. The highest BCUT2D eigenvalue weighted by molar-refractivity contribution is 5.88. The second kappa shape index (κ2) is 15.2. The fraction of sp³-hybridized carbons (Fsp3) is 0. The maximum atomic E-state index is 9.39. The summed E-state index contributed by atoms with van der Waals surface area (Å²) in [6.07, 6.45) is 0. The zero-order valence-corrected chi connectivity index (χ0v) is 30.0. The van der Waals surface area contributed by atoms with Gasteiger partial charge in [-0.25, -0.2) is 29.9 Å². The predicted molar refractivity (Wildman–Crippen MR) is 221 cm³/mol. The maximum Gasteiger partial charge on any atom is 0.164 e. The summed E-state index contributed by atoms with van der Waals surface area (Å²) in [5.74, 6) is 3.45. The van der Waals surface area contributed by atoms with Gasteiger partial charge in [0.25, 0.3) is 0 Å². The van der Waals surface area contributed by atoms with Crippen molar-refractivity contribution < 1.29 is 0 Å². The van der Waals surface area contributed by atoms with E-state index in [4.69, 9.17) is 29.9 Å². The van der Waals surface area contributed by atoms with Crippen LogP contribution in [0.3, 0.4) is 0 Å². The van der Waals surface area contributed by atoms with Gasteiger partial charge in [0.15, 0.2) is 34.9 Å². The van der Waals surface area contributed by atoms with Crippen LogP contribution in [-0.4, -0.2) is 29.9 Å². The summed E-state index contributed by atoms with van der Waals surface area (Å²) in [5, 5.41) is 9.39. The Morgan fingerprint density at radius 1 is 0.268 bits per heavy atom. The van der Waals surface area contributed by atoms with Crippen LogP contribution in [-0.2, 0) is 0 Å². The molecule has 0 bridgehead atoms. The largest absolute Gasteiger partial charge is 0.208 e. The van der Waals surface area contributed by atoms with Crippen molar-refractivity contribution in [2.75, 3.05) is 0 Å². The Morgan fingerprint density at radius 2 is 0.607 bits per heavy atom. The Kier molecular flexibility index (Phi) is 9.18. The van der Waals surface area contributed by atoms with Gasteiger partial charge >= 0.3 is 0 Å². The number of aromatic nitrogens is 6. The third-order valence-corrected chi connectivity index (χ3v) is 9.43. The highest BCUT2D eigenvalue weighted by atomic mass is 15.0. The van der Waals surface area contributed by atoms with Gasteiger partial charge in [0, 0.05) is 33.4 Å². The molecule has 7 heteroatoms. The monoisotopic (exact) mass is 717 g/mol. The van der Waals surface area contributed by atoms with E-state index in [0.717, 1.165) is 55.6 Å². The SMILES string of the molecule is N#Cc1ccc(-c2nc(-c3ccccc3)nc(-c3ccc(-c4cccc(-c5nc(-c6ccccc6)nc(-c6ccccc6)n5)c4)c(-c4ccccc4)c3)n2)cc1. The molecule has 2 heterocycles. The van der Waals surface area contributed by atoms with E-state index in [0.29, 0.717) is 40.5 Å². The van der Waals surface area contributed by atoms with Crippen LogP contribution in [0.4, 0.5) is 0 Å². The number of benzene rings is 7. The van der Waals surface area contributed by atoms with Crippen LogP contribution in [0.15, 0.2) is 188 Å². The number of hydrogen-bond acceptors (Lipinski definition) is 7. The Hall–Kier alpha value is -7.95. The Labute approximate surface area is 324 Å². The molecule has 0 saturated carbocycles. The maximum absolute atomic E-state index is 9.39. The van der Waals surface area contributed by atoms with Crippen molar-refractivity contribution in [1.29, 1.82) is 5.26 Å². The Bertz CT molecular complexity index is 2780. The summed E-state index contributed by atoms with van der Waals surface area (Å²) >= 11 is 0. The zero-order valence-electron chi connectivity index (χ0n) is 30.0. The first-order valence-electron chi connectivity index (χ1n) is 18.2. The van der Waals surface area contributed by atoms with Crippen LogP contribution >= 0.6 is 0 Å². The molecule has 9 aromatic rings. The van der Waals surface area contributed by atoms with Gasteiger partial charge in [-0.3, -0.25) is 0 Å². The average molecular weight is 718 g/mol. The van der Waals surface area contributed by atoms with Gasteiger partial charge in [0.05, 0.1) is 11.6 Å². The molecule has 7 nitrogen and oxygen atoms in total. The van der Waals surface area contributed by atoms with Crippen LogP contribution in [0.25, 0.3) is 90.6 Å². The predicted octanol–water partition coefficient (Wildman–Crippen LogP) is 11.3. The Morgan fingerprint density at radius 3 is 1.05 bits per heavy atom. The number of hydrogen-bond donors (Lipinski definition) is 0. The first kappa shape index (κ1) is 33.9. The Balaban J connectivity index is 1.18. The molecule has 2 aromatic heterocycles. The van der Waals surface area contributed by atoms with E-state index in [9.17, 15) is 5.26 Å². The molecule has 0 saturated heterocycles. The fourth-order valence-electron chi connectivity index (χ4n) is 6.60. The summed E-state index contributed by atoms with van der Waals surface area (Å²) in [6.45, 7) is 0. The van der Waals surface area contributed by atoms with Gasteiger partial charge < -0.3 is 0 Å². The number of nitrogens with zero attached hydrogens (tertiary/aromatic N) is 7. The molecule has 7 aromatic carbocycles. The number of nitriles is 1. The van der Waals surface area contributed by atoms with Crippen LogP contribution in [0.2, 0.25) is 0 Å². The van der Waals surface area contributed by atoms with Gasteiger partial charge in [-0.2, -0.15) is 5.26 Å². The lowest BCUT2D eigenvalue weighted by atomic mass is 9.92. The van der Waals surface area contributed by atoms with Gasteiger partial charge in [0.1, 0.15) is 0 Å². The molecular weight excluding hydrogens is 687 g/mol. The van der Waals surface area contributed by atoms with Crippen molar-refractivity contribution in [1.82, 2.24) is 29.9 Å². The van der Waals surface area contributed by atoms with E-state index in [1.165, 1.54) is 0 Å². The molecule has 0 spiro atoms. The molecule has 56 heavy (non-hydrogen) atoms. The summed E-state index contributed by atoms with van der Waals surface area (Å²) in [6, 6.07) is 64.4. The van der Waals surface area contributed by atoms with E-state index >= 15 is 0 Å². The summed E-state index contributed by atoms with van der Waals surface area (Å²) in [7, 11) is 0. The average Bonchev–Trinajstić information content (AvgIpc) is 3.29. The fourth-order valence-corrected chi connectivity index (χ4v) is 6.60. The van der Waals surface area contributed by atoms with Gasteiger partial charge in [-0.1, -0.05) is 152 Å². The van der Waals surface area contributed by atoms with Crippen LogP contribution < -0.4 is 0 Å². The van der Waals surface area contributed by atoms with Gasteiger partial charge in [-0.15, -0.1) is 0 Å². The molecule has 0 fully saturated rings. The molecule has 0 amide bonds. The lowest BCUT2D eigenvalue weighted by Crippen LogP contribution is -2.01. The lowest BCUT2D eigenvalue weighted by molar-refractivity contribution is 1.07. The van der Waals surface area contributed by atoms with Crippen LogP contribution in [0.5, 0.6) is 0 Å². The molecule has 0 radical (unpaired) electrons. The molecule has 0 aliphatic rings. The van der Waals surface area contributed by atoms with E-state index in [-0.39, 0.29) is 0 Å². The first-order chi connectivity index (χ1) is 27.7. The molecule has 262 valence electrons. The standard InChI is InChI=1S/C49H31N7/c50-32-33-24-26-38(27-25-33)47-52-46(37-20-11-4-12-21-37)55-49(56-47)41-28-29-42(43(31-41)34-14-5-1-6-15-34)39-22-13-23-40(30-39)48-53-44(35-16-7-2-8-17-35)51-45(54-48)36-18-9-3-10-19-36/h1-31H. The van der Waals surface area contributed by atoms with Gasteiger partial charge in [-0.05, 0) is 58.7 Å². The van der Waals surface area contributed by atoms with Crippen molar-refractivity contribution in [3.05, 3.63) is 194 Å². The molecule has 0 atom stereocenters. The highest BCUT2D eigenvalue weighted by Crippen LogP contribution is 2.37. The molecule has 0 N–H and O–H groups in total.